The molecule has 0 bridgehead atoms. The van der Waals surface area contributed by atoms with Gasteiger partial charge in [-0.25, -0.2) is 13.4 Å². The second-order valence-corrected chi connectivity index (χ2v) is 11.1. The van der Waals surface area contributed by atoms with Crippen molar-refractivity contribution in [3.05, 3.63) is 52.2 Å². The van der Waals surface area contributed by atoms with Crippen LogP contribution in [0.25, 0.3) is 0 Å². The Bertz CT molecular complexity index is 1100. The van der Waals surface area contributed by atoms with Crippen molar-refractivity contribution < 1.29 is 22.7 Å². The fourth-order valence-electron chi connectivity index (χ4n) is 2.96. The Morgan fingerprint density at radius 1 is 1.27 bits per heavy atom. The number of sulfone groups is 1. The predicted octanol–water partition coefficient (Wildman–Crippen LogP) is 4.52. The minimum absolute atomic E-state index is 0.0191. The number of carbonyl (C=O) groups is 1. The van der Waals surface area contributed by atoms with E-state index in [0.29, 0.717) is 27.8 Å². The number of thioether (sulfide) groups is 1. The molecule has 2 aromatic rings. The number of benzene rings is 1. The number of carbonyl (C=O) groups excluding carboxylic acids is 1. The second-order valence-electron chi connectivity index (χ2n) is 7.51. The van der Waals surface area contributed by atoms with Crippen LogP contribution in [0.5, 0.6) is 5.75 Å². The number of nitriles is 1. The van der Waals surface area contributed by atoms with Crippen molar-refractivity contribution in [1.82, 2.24) is 4.98 Å². The van der Waals surface area contributed by atoms with Gasteiger partial charge in [-0.3, -0.25) is 4.79 Å². The van der Waals surface area contributed by atoms with Crippen LogP contribution in [0.1, 0.15) is 36.6 Å². The number of esters is 1. The number of hydrogen-bond acceptors (Lipinski definition) is 8. The van der Waals surface area contributed by atoms with Gasteiger partial charge in [-0.05, 0) is 56.2 Å². The Labute approximate surface area is 204 Å². The first-order valence-corrected chi connectivity index (χ1v) is 13.6. The topological polar surface area (TPSA) is 106 Å². The lowest BCUT2D eigenvalue weighted by Gasteiger charge is -2.19. The molecule has 2 rings (SSSR count). The number of rotatable bonds is 12. The highest BCUT2D eigenvalue weighted by Crippen LogP contribution is 2.24. The number of aromatic nitrogens is 1. The van der Waals surface area contributed by atoms with Crippen LogP contribution in [0.4, 0.5) is 0 Å². The molecule has 0 amide bonds. The van der Waals surface area contributed by atoms with E-state index in [0.717, 1.165) is 29.4 Å². The second kappa shape index (κ2) is 12.8. The number of ether oxygens (including phenoxy) is 2. The molecular formula is C23H27ClN2O5S2. The summed E-state index contributed by atoms with van der Waals surface area (Å²) in [6, 6.07) is 10.5. The van der Waals surface area contributed by atoms with Crippen molar-refractivity contribution in [2.24, 2.45) is 0 Å². The SMILES string of the molecule is CCCCS(=O)(=O)CC(COc1ccc(Cl)cc1)OC(=O)CSc1nc(C)cc(C)c1C#N. The summed E-state index contributed by atoms with van der Waals surface area (Å²) in [6.45, 7) is 5.40. The summed E-state index contributed by atoms with van der Waals surface area (Å²) >= 11 is 6.96. The molecule has 1 unspecified atom stereocenters. The van der Waals surface area contributed by atoms with Gasteiger partial charge in [-0.2, -0.15) is 5.26 Å². The van der Waals surface area contributed by atoms with Gasteiger partial charge in [0.15, 0.2) is 9.84 Å². The molecule has 0 saturated heterocycles. The van der Waals surface area contributed by atoms with E-state index >= 15 is 0 Å². The van der Waals surface area contributed by atoms with Crippen molar-refractivity contribution in [1.29, 1.82) is 5.26 Å². The lowest BCUT2D eigenvalue weighted by atomic mass is 10.1. The van der Waals surface area contributed by atoms with Crippen LogP contribution in [-0.2, 0) is 19.4 Å². The molecule has 0 radical (unpaired) electrons. The summed E-state index contributed by atoms with van der Waals surface area (Å²) in [5.74, 6) is -0.552. The van der Waals surface area contributed by atoms with Crippen LogP contribution in [0, 0.1) is 25.2 Å². The zero-order valence-corrected chi connectivity index (χ0v) is 21.2. The van der Waals surface area contributed by atoms with E-state index in [4.69, 9.17) is 21.1 Å². The lowest BCUT2D eigenvalue weighted by molar-refractivity contribution is -0.146. The normalized spacial score (nSPS) is 12.1. The molecule has 7 nitrogen and oxygen atoms in total. The van der Waals surface area contributed by atoms with Crippen molar-refractivity contribution in [2.75, 3.05) is 23.9 Å². The van der Waals surface area contributed by atoms with Crippen LogP contribution in [0.2, 0.25) is 5.02 Å². The molecule has 0 saturated carbocycles. The maximum Gasteiger partial charge on any atom is 0.316 e. The van der Waals surface area contributed by atoms with E-state index in [1.54, 1.807) is 37.3 Å². The van der Waals surface area contributed by atoms with Gasteiger partial charge in [0.2, 0.25) is 0 Å². The van der Waals surface area contributed by atoms with Crippen LogP contribution in [0.3, 0.4) is 0 Å². The highest BCUT2D eigenvalue weighted by molar-refractivity contribution is 7.99. The number of nitrogens with zero attached hydrogens (tertiary/aromatic N) is 2. The number of halogens is 1. The van der Waals surface area contributed by atoms with Crippen molar-refractivity contribution in [3.8, 4) is 11.8 Å². The Balaban J connectivity index is 2.06. The molecule has 0 spiro atoms. The van der Waals surface area contributed by atoms with Gasteiger partial charge in [-0.1, -0.05) is 36.7 Å². The average molecular weight is 511 g/mol. The third kappa shape index (κ3) is 9.24. The zero-order chi connectivity index (χ0) is 24.4. The first-order chi connectivity index (χ1) is 15.6. The average Bonchev–Trinajstić information content (AvgIpc) is 2.75. The number of hydrogen-bond donors (Lipinski definition) is 0. The Morgan fingerprint density at radius 2 is 1.97 bits per heavy atom. The molecular weight excluding hydrogens is 484 g/mol. The molecule has 0 N–H and O–H groups in total. The van der Waals surface area contributed by atoms with Crippen LogP contribution >= 0.6 is 23.4 Å². The van der Waals surface area contributed by atoms with E-state index in [1.165, 1.54) is 0 Å². The number of unbranched alkanes of at least 4 members (excludes halogenated alkanes) is 1. The molecule has 10 heteroatoms. The predicted molar refractivity (Wildman–Crippen MR) is 130 cm³/mol. The molecule has 33 heavy (non-hydrogen) atoms. The molecule has 0 fully saturated rings. The summed E-state index contributed by atoms with van der Waals surface area (Å²) in [6.07, 6.45) is 0.302. The fraction of sp³-hybridized carbons (Fsp3) is 0.435. The van der Waals surface area contributed by atoms with Crippen molar-refractivity contribution in [3.63, 3.8) is 0 Å². The third-order valence-corrected chi connectivity index (χ3v) is 7.54. The molecule has 1 aromatic heterocycles. The lowest BCUT2D eigenvalue weighted by Crippen LogP contribution is -2.33. The smallest absolute Gasteiger partial charge is 0.316 e. The summed E-state index contributed by atoms with van der Waals surface area (Å²) in [4.78, 5) is 16.9. The van der Waals surface area contributed by atoms with Gasteiger partial charge in [0, 0.05) is 10.7 Å². The molecule has 1 heterocycles. The number of pyridine rings is 1. The quantitative estimate of drug-likeness (QED) is 0.303. The van der Waals surface area contributed by atoms with Gasteiger partial charge in [0.1, 0.15) is 29.6 Å². The van der Waals surface area contributed by atoms with Gasteiger partial charge < -0.3 is 9.47 Å². The number of aryl methyl sites for hydroxylation is 2. The van der Waals surface area contributed by atoms with Crippen LogP contribution < -0.4 is 4.74 Å². The summed E-state index contributed by atoms with van der Waals surface area (Å²) in [5.41, 5.74) is 1.92. The van der Waals surface area contributed by atoms with Crippen molar-refractivity contribution in [2.45, 2.75) is 44.7 Å². The first kappa shape index (κ1) is 27.0. The first-order valence-electron chi connectivity index (χ1n) is 10.4. The van der Waals surface area contributed by atoms with Gasteiger partial charge in [0.05, 0.1) is 22.8 Å². The highest BCUT2D eigenvalue weighted by atomic mass is 35.5. The minimum Gasteiger partial charge on any atom is -0.490 e. The summed E-state index contributed by atoms with van der Waals surface area (Å²) < 4.78 is 36.0. The minimum atomic E-state index is -3.43. The standard InChI is InChI=1S/C23H27ClN2O5S2/c1-4-5-10-33(28,29)15-20(13-30-19-8-6-18(24)7-9-19)31-22(27)14-32-23-21(12-25)16(2)11-17(3)26-23/h6-9,11,20H,4-5,10,13-15H2,1-3H3. The maximum absolute atomic E-state index is 12.5. The Kier molecular flexibility index (Phi) is 10.5. The Morgan fingerprint density at radius 3 is 2.61 bits per heavy atom. The molecule has 178 valence electrons. The van der Waals surface area contributed by atoms with E-state index in [1.807, 2.05) is 13.8 Å². The molecule has 0 aliphatic carbocycles. The fourth-order valence-corrected chi connectivity index (χ4v) is 5.59. The van der Waals surface area contributed by atoms with Crippen molar-refractivity contribution >= 4 is 39.2 Å². The van der Waals surface area contributed by atoms with Gasteiger partial charge in [0.25, 0.3) is 0 Å². The Hall–Kier alpha value is -2.28. The van der Waals surface area contributed by atoms with Crippen LogP contribution in [0.15, 0.2) is 35.4 Å². The molecule has 0 aliphatic heterocycles. The van der Waals surface area contributed by atoms with E-state index < -0.39 is 21.9 Å². The maximum atomic E-state index is 12.5. The van der Waals surface area contributed by atoms with E-state index in [-0.39, 0.29) is 23.9 Å². The summed E-state index contributed by atoms with van der Waals surface area (Å²) in [7, 11) is -3.43. The third-order valence-electron chi connectivity index (χ3n) is 4.55. The van der Waals surface area contributed by atoms with E-state index in [9.17, 15) is 18.5 Å². The van der Waals surface area contributed by atoms with Gasteiger partial charge >= 0.3 is 5.97 Å². The van der Waals surface area contributed by atoms with Gasteiger partial charge in [-0.15, -0.1) is 0 Å². The highest BCUT2D eigenvalue weighted by Gasteiger charge is 2.24. The molecule has 1 aromatic carbocycles. The zero-order valence-electron chi connectivity index (χ0n) is 18.8. The van der Waals surface area contributed by atoms with Crippen LogP contribution in [-0.4, -0.2) is 49.3 Å². The monoisotopic (exact) mass is 510 g/mol. The molecule has 0 aliphatic rings. The van der Waals surface area contributed by atoms with E-state index in [2.05, 4.69) is 11.1 Å². The largest absolute Gasteiger partial charge is 0.490 e. The summed E-state index contributed by atoms with van der Waals surface area (Å²) in [5, 5.41) is 10.4. The molecule has 1 atom stereocenters.